The van der Waals surface area contributed by atoms with E-state index in [0.717, 1.165) is 63.2 Å². The van der Waals surface area contributed by atoms with E-state index in [1.165, 1.54) is 50.6 Å². The molecular formula is C61H93N15. The Hall–Kier alpha value is -7.81. The Morgan fingerprint density at radius 2 is 0.711 bits per heavy atom. The number of H-pyrrole nitrogens is 4. The minimum Gasteiger partial charge on any atom is -0.365 e. The Labute approximate surface area is 456 Å². The van der Waals surface area contributed by atoms with Gasteiger partial charge in [0.25, 0.3) is 0 Å². The van der Waals surface area contributed by atoms with Crippen LogP contribution in [-0.2, 0) is 28.2 Å². The van der Waals surface area contributed by atoms with Gasteiger partial charge >= 0.3 is 0 Å². The van der Waals surface area contributed by atoms with Gasteiger partial charge in [-0.25, -0.2) is 29.9 Å². The Morgan fingerprint density at radius 1 is 0.329 bits per heavy atom. The maximum Gasteiger partial charge on any atom is 0.125 e. The van der Waals surface area contributed by atoms with Crippen molar-refractivity contribution in [1.82, 2.24) is 73.1 Å². The largest absolute Gasteiger partial charge is 0.365 e. The second-order valence-electron chi connectivity index (χ2n) is 19.4. The van der Waals surface area contributed by atoms with Crippen LogP contribution in [0.25, 0.3) is 0 Å². The number of nitrogens with one attached hydrogen (secondary N) is 4. The molecule has 76 heavy (non-hydrogen) atoms. The Bertz CT molecular complexity index is 2520. The molecule has 10 aromatic rings. The fourth-order valence-electron chi connectivity index (χ4n) is 6.62. The van der Waals surface area contributed by atoms with Crippen LogP contribution in [0.4, 0.5) is 0 Å². The fraction of sp³-hybridized carbons (Fsp3) is 0.393. The molecule has 0 saturated carbocycles. The fourth-order valence-corrected chi connectivity index (χ4v) is 6.62. The predicted octanol–water partition coefficient (Wildman–Crippen LogP) is 13.5. The van der Waals surface area contributed by atoms with Gasteiger partial charge in [-0.15, -0.1) is 0 Å². The summed E-state index contributed by atoms with van der Waals surface area (Å²) in [5, 5.41) is 0. The first-order valence-corrected chi connectivity index (χ1v) is 25.5. The molecule has 0 unspecified atom stereocenters. The van der Waals surface area contributed by atoms with Crippen LogP contribution in [0.5, 0.6) is 0 Å². The molecule has 15 heteroatoms. The van der Waals surface area contributed by atoms with E-state index >= 15 is 0 Å². The van der Waals surface area contributed by atoms with E-state index in [2.05, 4.69) is 162 Å². The zero-order valence-electron chi connectivity index (χ0n) is 50.7. The maximum atomic E-state index is 4.17. The summed E-state index contributed by atoms with van der Waals surface area (Å²) in [5.41, 5.74) is 18.2. The van der Waals surface area contributed by atoms with Crippen molar-refractivity contribution < 1.29 is 0 Å². The molecule has 0 atom stereocenters. The average Bonchev–Trinajstić information content (AvgIpc) is 4.25. The highest BCUT2D eigenvalue weighted by atomic mass is 15.0. The van der Waals surface area contributed by atoms with E-state index in [-0.39, 0.29) is 0 Å². The first-order chi connectivity index (χ1) is 35.5. The third-order valence-corrected chi connectivity index (χ3v) is 10.8. The molecule has 0 fully saturated rings. The van der Waals surface area contributed by atoms with Crippen molar-refractivity contribution in [1.29, 1.82) is 0 Å². The molecule has 412 valence electrons. The number of imidazole rings is 4. The van der Waals surface area contributed by atoms with Gasteiger partial charge in [0, 0.05) is 136 Å². The monoisotopic (exact) mass is 1040 g/mol. The Morgan fingerprint density at radius 3 is 0.842 bits per heavy atom. The van der Waals surface area contributed by atoms with E-state index in [0.29, 0.717) is 0 Å². The summed E-state index contributed by atoms with van der Waals surface area (Å²) in [4.78, 5) is 40.5. The van der Waals surface area contributed by atoms with Gasteiger partial charge in [0.2, 0.25) is 0 Å². The smallest absolute Gasteiger partial charge is 0.125 e. The molecular weight excluding hydrogens is 943 g/mol. The topological polar surface area (TPSA) is 173 Å². The number of rotatable bonds is 0. The SMILES string of the molecule is Cc1c[nH]c(C)c1.Cc1c[nH]c(C)c1.Cc1cc(C)n(C)c1.Cc1cc(C)n(C)c1.Cc1ccc(C)nc1.Cc1cn(C)c(C)n1.Cc1cn(C)c(C)n1.Cc1cnc(C)[nH]1.Cc1cnc(C)[nH]1.Cc1cnc(C)nc1. The number of hydrogen-bond donors (Lipinski definition) is 4. The lowest BCUT2D eigenvalue weighted by molar-refractivity contribution is 0.858. The van der Waals surface area contributed by atoms with Gasteiger partial charge in [0.1, 0.15) is 29.1 Å². The van der Waals surface area contributed by atoms with Gasteiger partial charge in [-0.05, 0) is 202 Å². The van der Waals surface area contributed by atoms with E-state index < -0.39 is 0 Å². The van der Waals surface area contributed by atoms with Crippen molar-refractivity contribution in [3.05, 3.63) is 218 Å². The minimum atomic E-state index is 0.829. The number of aromatic nitrogens is 15. The summed E-state index contributed by atoms with van der Waals surface area (Å²) >= 11 is 0. The summed E-state index contributed by atoms with van der Waals surface area (Å²) < 4.78 is 8.26. The molecule has 0 amide bonds. The number of hydrogen-bond acceptors (Lipinski definition) is 7. The lowest BCUT2D eigenvalue weighted by atomic mass is 10.3. The van der Waals surface area contributed by atoms with Crippen LogP contribution in [0, 0.1) is 138 Å². The van der Waals surface area contributed by atoms with Crippen LogP contribution in [0.15, 0.2) is 105 Å². The highest BCUT2D eigenvalue weighted by Crippen LogP contribution is 2.04. The van der Waals surface area contributed by atoms with E-state index in [1.807, 2.05) is 182 Å². The molecule has 4 N–H and O–H groups in total. The number of nitrogens with zero attached hydrogens (tertiary/aromatic N) is 11. The molecule has 0 aliphatic rings. The molecule has 0 bridgehead atoms. The lowest BCUT2D eigenvalue weighted by Gasteiger charge is -1.89. The number of pyridine rings is 1. The first-order valence-electron chi connectivity index (χ1n) is 25.5. The lowest BCUT2D eigenvalue weighted by Crippen LogP contribution is -1.86. The quantitative estimate of drug-likeness (QED) is 0.117. The van der Waals surface area contributed by atoms with Crippen LogP contribution < -0.4 is 0 Å². The molecule has 0 aliphatic heterocycles. The van der Waals surface area contributed by atoms with Crippen LogP contribution in [0.1, 0.15) is 114 Å². The maximum absolute atomic E-state index is 4.17. The van der Waals surface area contributed by atoms with E-state index in [4.69, 9.17) is 0 Å². The molecule has 15 nitrogen and oxygen atoms in total. The van der Waals surface area contributed by atoms with Crippen molar-refractivity contribution in [2.75, 3.05) is 0 Å². The van der Waals surface area contributed by atoms with Crippen molar-refractivity contribution in [2.45, 2.75) is 138 Å². The van der Waals surface area contributed by atoms with Crippen molar-refractivity contribution in [3.63, 3.8) is 0 Å². The molecule has 0 aliphatic carbocycles. The van der Waals surface area contributed by atoms with Gasteiger partial charge in [0.05, 0.1) is 11.4 Å². The standard InChI is InChI=1S/2C7H11N.C7H9N.2C6H10N2.C6H8N2.2C6H9N.2C5H8N2/c2*1-6-4-7(2)8(3)5-6;1-6-3-4-7(2)8-5-6;2*1-5-4-8(3)6(2)7-5;1-5-3-7-6(2)8-4-5;2*1-5-3-6(2)7-4-5;2*1-4-3-6-5(2)7-4/h2*4-5H,1-3H3;3-5H,1-2H3;2*4H,1-3H3;3-4H,1-2H3;2*3-4,7H,1-2H3;2*3H,1-2H3,(H,6,7). The van der Waals surface area contributed by atoms with Gasteiger partial charge in [-0.1, -0.05) is 6.07 Å². The summed E-state index contributed by atoms with van der Waals surface area (Å²) in [7, 11) is 8.11. The van der Waals surface area contributed by atoms with Gasteiger partial charge in [0.15, 0.2) is 0 Å². The molecule has 0 saturated heterocycles. The van der Waals surface area contributed by atoms with Crippen molar-refractivity contribution >= 4 is 0 Å². The first kappa shape index (κ1) is 66.2. The zero-order valence-corrected chi connectivity index (χ0v) is 50.7. The molecule has 0 spiro atoms. The summed E-state index contributed by atoms with van der Waals surface area (Å²) in [6, 6.07) is 12.6. The second-order valence-corrected chi connectivity index (χ2v) is 19.4. The van der Waals surface area contributed by atoms with Gasteiger partial charge < -0.3 is 38.2 Å². The Kier molecular flexibility index (Phi) is 30.2. The van der Waals surface area contributed by atoms with E-state index in [9.17, 15) is 0 Å². The van der Waals surface area contributed by atoms with Crippen molar-refractivity contribution in [2.24, 2.45) is 28.2 Å². The van der Waals surface area contributed by atoms with Crippen LogP contribution in [0.3, 0.4) is 0 Å². The summed E-state index contributed by atoms with van der Waals surface area (Å²) in [6.07, 6.45) is 21.4. The molecule has 10 rings (SSSR count). The summed E-state index contributed by atoms with van der Waals surface area (Å²) in [6.45, 7) is 40.3. The third kappa shape index (κ3) is 30.4. The van der Waals surface area contributed by atoms with Crippen LogP contribution >= 0.6 is 0 Å². The normalized spacial score (nSPS) is 9.58. The van der Waals surface area contributed by atoms with Crippen molar-refractivity contribution in [3.8, 4) is 0 Å². The summed E-state index contributed by atoms with van der Waals surface area (Å²) in [5.74, 6) is 4.94. The van der Waals surface area contributed by atoms with Gasteiger partial charge in [-0.3, -0.25) is 4.98 Å². The van der Waals surface area contributed by atoms with E-state index in [1.54, 1.807) is 0 Å². The predicted molar refractivity (Wildman–Crippen MR) is 317 cm³/mol. The molecule has 0 aromatic carbocycles. The second kappa shape index (κ2) is 34.6. The van der Waals surface area contributed by atoms with Gasteiger partial charge in [-0.2, -0.15) is 0 Å². The van der Waals surface area contributed by atoms with Crippen LogP contribution in [-0.4, -0.2) is 73.1 Å². The Balaban J connectivity index is 0.000000422. The highest BCUT2D eigenvalue weighted by molar-refractivity contribution is 5.16. The minimum absolute atomic E-state index is 0.829. The number of aryl methyl sites for hydroxylation is 24. The number of aromatic amines is 4. The molecule has 10 aromatic heterocycles. The average molecular weight is 1040 g/mol. The van der Waals surface area contributed by atoms with Crippen LogP contribution in [0.2, 0.25) is 0 Å². The molecule has 10 heterocycles. The third-order valence-electron chi connectivity index (χ3n) is 10.8. The highest BCUT2D eigenvalue weighted by Gasteiger charge is 1.94. The molecule has 0 radical (unpaired) electrons. The zero-order chi connectivity index (χ0) is 57.7.